The number of piperidine rings is 1. The molecule has 112 valence electrons. The van der Waals surface area contributed by atoms with Crippen molar-refractivity contribution in [3.8, 4) is 6.07 Å². The predicted octanol–water partition coefficient (Wildman–Crippen LogP) is 2.22. The fraction of sp³-hybridized carbons (Fsp3) is 0.500. The minimum absolute atomic E-state index is 0.0288. The van der Waals surface area contributed by atoms with Crippen molar-refractivity contribution >= 4 is 17.7 Å². The van der Waals surface area contributed by atoms with Crippen LogP contribution in [0.1, 0.15) is 36.9 Å². The summed E-state index contributed by atoms with van der Waals surface area (Å²) in [6.45, 7) is 4.08. The monoisotopic (exact) mass is 303 g/mol. The number of nitrogens with one attached hydrogen (secondary N) is 2. The van der Waals surface area contributed by atoms with Crippen LogP contribution < -0.4 is 10.6 Å². The van der Waals surface area contributed by atoms with E-state index in [2.05, 4.69) is 16.7 Å². The standard InChI is InChI=1S/C16H21N3OS/c1-12(14-4-2-13(10-17)3-5-14)19-16(20)11-21-15-6-8-18-9-7-15/h2-5,12,15,18H,6-9,11H2,1H3,(H,19,20). The molecule has 0 bridgehead atoms. The lowest BCUT2D eigenvalue weighted by Gasteiger charge is -2.22. The van der Waals surface area contributed by atoms with E-state index in [9.17, 15) is 4.79 Å². The Balaban J connectivity index is 1.76. The first-order valence-corrected chi connectivity index (χ1v) is 8.35. The zero-order valence-corrected chi connectivity index (χ0v) is 13.1. The number of hydrogen-bond donors (Lipinski definition) is 2. The average Bonchev–Trinajstić information content (AvgIpc) is 2.54. The van der Waals surface area contributed by atoms with E-state index in [4.69, 9.17) is 5.26 Å². The quantitative estimate of drug-likeness (QED) is 0.875. The van der Waals surface area contributed by atoms with Gasteiger partial charge in [-0.1, -0.05) is 12.1 Å². The van der Waals surface area contributed by atoms with Crippen LogP contribution in [0.25, 0.3) is 0 Å². The Morgan fingerprint density at radius 3 is 2.71 bits per heavy atom. The lowest BCUT2D eigenvalue weighted by atomic mass is 10.1. The smallest absolute Gasteiger partial charge is 0.230 e. The molecule has 1 unspecified atom stereocenters. The Hall–Kier alpha value is -1.51. The first kappa shape index (κ1) is 15.9. The number of carbonyl (C=O) groups is 1. The summed E-state index contributed by atoms with van der Waals surface area (Å²) in [5, 5.41) is 15.7. The normalized spacial score (nSPS) is 17.0. The molecule has 1 aliphatic rings. The SMILES string of the molecule is CC(NC(=O)CSC1CCNCC1)c1ccc(C#N)cc1. The summed E-state index contributed by atoms with van der Waals surface area (Å²) in [6.07, 6.45) is 2.28. The molecule has 0 aromatic heterocycles. The fourth-order valence-electron chi connectivity index (χ4n) is 2.37. The molecule has 1 heterocycles. The van der Waals surface area contributed by atoms with Gasteiger partial charge in [0.05, 0.1) is 23.4 Å². The van der Waals surface area contributed by atoms with Gasteiger partial charge >= 0.3 is 0 Å². The van der Waals surface area contributed by atoms with Crippen molar-refractivity contribution in [2.75, 3.05) is 18.8 Å². The summed E-state index contributed by atoms with van der Waals surface area (Å²) in [7, 11) is 0. The van der Waals surface area contributed by atoms with Gasteiger partial charge in [-0.3, -0.25) is 4.79 Å². The van der Waals surface area contributed by atoms with E-state index in [0.29, 0.717) is 16.6 Å². The number of nitriles is 1. The highest BCUT2D eigenvalue weighted by Gasteiger charge is 2.16. The molecule has 5 heteroatoms. The van der Waals surface area contributed by atoms with Crippen molar-refractivity contribution in [3.63, 3.8) is 0 Å². The van der Waals surface area contributed by atoms with Crippen molar-refractivity contribution in [2.45, 2.75) is 31.1 Å². The Bertz CT molecular complexity index is 503. The van der Waals surface area contributed by atoms with Gasteiger partial charge in [0.1, 0.15) is 0 Å². The molecule has 0 radical (unpaired) electrons. The van der Waals surface area contributed by atoms with Crippen LogP contribution in [0.15, 0.2) is 24.3 Å². The zero-order valence-electron chi connectivity index (χ0n) is 12.3. The number of benzene rings is 1. The van der Waals surface area contributed by atoms with Gasteiger partial charge in [-0.25, -0.2) is 0 Å². The Morgan fingerprint density at radius 1 is 1.43 bits per heavy atom. The molecule has 0 aliphatic carbocycles. The van der Waals surface area contributed by atoms with E-state index in [1.165, 1.54) is 0 Å². The van der Waals surface area contributed by atoms with Crippen LogP contribution in [0.2, 0.25) is 0 Å². The van der Waals surface area contributed by atoms with Gasteiger partial charge in [0.25, 0.3) is 0 Å². The highest BCUT2D eigenvalue weighted by molar-refractivity contribution is 8.00. The minimum atomic E-state index is -0.0288. The fourth-order valence-corrected chi connectivity index (χ4v) is 3.41. The van der Waals surface area contributed by atoms with Gasteiger partial charge in [-0.15, -0.1) is 11.8 Å². The molecule has 1 saturated heterocycles. The third kappa shape index (κ3) is 5.07. The topological polar surface area (TPSA) is 64.9 Å². The predicted molar refractivity (Wildman–Crippen MR) is 86.1 cm³/mol. The number of hydrogen-bond acceptors (Lipinski definition) is 4. The van der Waals surface area contributed by atoms with E-state index >= 15 is 0 Å². The third-order valence-electron chi connectivity index (χ3n) is 3.65. The summed E-state index contributed by atoms with van der Waals surface area (Å²) >= 11 is 1.75. The molecule has 21 heavy (non-hydrogen) atoms. The van der Waals surface area contributed by atoms with Crippen molar-refractivity contribution < 1.29 is 4.79 Å². The van der Waals surface area contributed by atoms with Gasteiger partial charge in [0.15, 0.2) is 0 Å². The Labute approximate surface area is 130 Å². The molecule has 1 aliphatic heterocycles. The lowest BCUT2D eigenvalue weighted by Crippen LogP contribution is -2.32. The van der Waals surface area contributed by atoms with Gasteiger partial charge in [-0.05, 0) is 50.6 Å². The second-order valence-electron chi connectivity index (χ2n) is 5.28. The van der Waals surface area contributed by atoms with Gasteiger partial charge in [0, 0.05) is 5.25 Å². The van der Waals surface area contributed by atoms with Crippen molar-refractivity contribution in [2.24, 2.45) is 0 Å². The number of nitrogens with zero attached hydrogens (tertiary/aromatic N) is 1. The molecule has 0 saturated carbocycles. The van der Waals surface area contributed by atoms with Crippen LogP contribution in [0, 0.1) is 11.3 Å². The Morgan fingerprint density at radius 2 is 2.10 bits per heavy atom. The molecule has 1 amide bonds. The van der Waals surface area contributed by atoms with Crippen LogP contribution >= 0.6 is 11.8 Å². The van der Waals surface area contributed by atoms with Crippen LogP contribution in [0.5, 0.6) is 0 Å². The first-order chi connectivity index (χ1) is 10.2. The van der Waals surface area contributed by atoms with Crippen LogP contribution in [-0.4, -0.2) is 30.0 Å². The molecule has 0 spiro atoms. The second-order valence-corrected chi connectivity index (χ2v) is 6.57. The van der Waals surface area contributed by atoms with E-state index in [0.717, 1.165) is 31.5 Å². The van der Waals surface area contributed by atoms with Gasteiger partial charge in [-0.2, -0.15) is 5.26 Å². The maximum Gasteiger partial charge on any atom is 0.230 e. The van der Waals surface area contributed by atoms with E-state index in [1.807, 2.05) is 19.1 Å². The molecule has 1 atom stereocenters. The summed E-state index contributed by atoms with van der Waals surface area (Å²) in [6, 6.07) is 9.41. The molecule has 1 aromatic rings. The number of amides is 1. The number of carbonyl (C=O) groups excluding carboxylic acids is 1. The molecule has 1 aromatic carbocycles. The molecule has 2 rings (SSSR count). The Kier molecular flexibility index (Phi) is 6.09. The second kappa shape index (κ2) is 8.06. The lowest BCUT2D eigenvalue weighted by molar-refractivity contribution is -0.119. The molecule has 4 nitrogen and oxygen atoms in total. The summed E-state index contributed by atoms with van der Waals surface area (Å²) in [5.74, 6) is 0.598. The van der Waals surface area contributed by atoms with Gasteiger partial charge < -0.3 is 10.6 Å². The summed E-state index contributed by atoms with van der Waals surface area (Å²) < 4.78 is 0. The molecular weight excluding hydrogens is 282 g/mol. The summed E-state index contributed by atoms with van der Waals surface area (Å²) in [4.78, 5) is 12.0. The maximum absolute atomic E-state index is 12.0. The largest absolute Gasteiger partial charge is 0.349 e. The van der Waals surface area contributed by atoms with Crippen molar-refractivity contribution in [3.05, 3.63) is 35.4 Å². The third-order valence-corrected chi connectivity index (χ3v) is 5.03. The highest BCUT2D eigenvalue weighted by atomic mass is 32.2. The van der Waals surface area contributed by atoms with Crippen molar-refractivity contribution in [1.82, 2.24) is 10.6 Å². The molecular formula is C16H21N3OS. The minimum Gasteiger partial charge on any atom is -0.349 e. The average molecular weight is 303 g/mol. The highest BCUT2D eigenvalue weighted by Crippen LogP contribution is 2.20. The van der Waals surface area contributed by atoms with Gasteiger partial charge in [0.2, 0.25) is 5.91 Å². The first-order valence-electron chi connectivity index (χ1n) is 7.31. The molecule has 1 fully saturated rings. The van der Waals surface area contributed by atoms with Crippen LogP contribution in [0.3, 0.4) is 0 Å². The summed E-state index contributed by atoms with van der Waals surface area (Å²) in [5.41, 5.74) is 1.66. The van der Waals surface area contributed by atoms with Crippen LogP contribution in [0.4, 0.5) is 0 Å². The van der Waals surface area contributed by atoms with E-state index in [1.54, 1.807) is 23.9 Å². The maximum atomic E-state index is 12.0. The number of rotatable bonds is 5. The van der Waals surface area contributed by atoms with E-state index in [-0.39, 0.29) is 11.9 Å². The zero-order chi connectivity index (χ0) is 15.1. The number of thioether (sulfide) groups is 1. The molecule has 2 N–H and O–H groups in total. The van der Waals surface area contributed by atoms with Crippen molar-refractivity contribution in [1.29, 1.82) is 5.26 Å². The van der Waals surface area contributed by atoms with E-state index < -0.39 is 0 Å². The van der Waals surface area contributed by atoms with Crippen LogP contribution in [-0.2, 0) is 4.79 Å².